The molecule has 1 aliphatic rings. The van der Waals surface area contributed by atoms with Crippen LogP contribution in [-0.4, -0.2) is 16.1 Å². The van der Waals surface area contributed by atoms with Crippen molar-refractivity contribution in [3.8, 4) is 0 Å². The molecule has 1 N–H and O–H groups in total. The van der Waals surface area contributed by atoms with Crippen molar-refractivity contribution in [3.63, 3.8) is 0 Å². The molecule has 2 unspecified atom stereocenters. The van der Waals surface area contributed by atoms with Gasteiger partial charge in [0.15, 0.2) is 0 Å². The number of rotatable bonds is 0. The predicted molar refractivity (Wildman–Crippen MR) is 74.4 cm³/mol. The van der Waals surface area contributed by atoms with Crippen LogP contribution < -0.4 is 16.2 Å². The third-order valence-corrected chi connectivity index (χ3v) is 3.76. The number of hydrogen-bond donors (Lipinski definition) is 1. The largest absolute Gasteiger partial charge is 0.402 e. The Labute approximate surface area is 112 Å². The van der Waals surface area contributed by atoms with E-state index < -0.39 is 11.8 Å². The first-order valence-corrected chi connectivity index (χ1v) is 6.42. The van der Waals surface area contributed by atoms with Gasteiger partial charge in [0, 0.05) is 33.5 Å². The fraction of sp³-hybridized carbons (Fsp3) is 0.200. The van der Waals surface area contributed by atoms with Gasteiger partial charge in [-0.2, -0.15) is 0 Å². The van der Waals surface area contributed by atoms with Crippen molar-refractivity contribution in [2.75, 3.05) is 0 Å². The van der Waals surface area contributed by atoms with Gasteiger partial charge in [-0.05, 0) is 18.2 Å². The highest BCUT2D eigenvalue weighted by Gasteiger charge is 2.19. The summed E-state index contributed by atoms with van der Waals surface area (Å²) in [5.74, 6) is -0.222. The third-order valence-electron chi connectivity index (χ3n) is 3.76. The summed E-state index contributed by atoms with van der Waals surface area (Å²) in [7, 11) is 0. The van der Waals surface area contributed by atoms with Crippen LogP contribution in [0, 0.1) is 5.92 Å². The summed E-state index contributed by atoms with van der Waals surface area (Å²) in [4.78, 5) is 19.1. The van der Waals surface area contributed by atoms with Crippen LogP contribution in [0.25, 0.3) is 34.2 Å². The molecule has 4 nitrogen and oxygen atoms in total. The highest BCUT2D eigenvalue weighted by atomic mass is 19.1. The normalized spacial score (nSPS) is 21.5. The Morgan fingerprint density at radius 2 is 2.25 bits per heavy atom. The van der Waals surface area contributed by atoms with E-state index >= 15 is 0 Å². The maximum Gasteiger partial charge on any atom is 0.362 e. The summed E-state index contributed by atoms with van der Waals surface area (Å²) in [5.41, 5.74) is 0.185. The van der Waals surface area contributed by atoms with E-state index in [9.17, 15) is 9.18 Å². The summed E-state index contributed by atoms with van der Waals surface area (Å²) in [6, 6.07) is 3.64. The van der Waals surface area contributed by atoms with Crippen molar-refractivity contribution in [1.29, 1.82) is 0 Å². The van der Waals surface area contributed by atoms with E-state index in [1.807, 2.05) is 19.1 Å². The van der Waals surface area contributed by atoms with Crippen LogP contribution in [0.15, 0.2) is 27.5 Å². The van der Waals surface area contributed by atoms with E-state index in [-0.39, 0.29) is 5.92 Å². The van der Waals surface area contributed by atoms with Crippen LogP contribution >= 0.6 is 0 Å². The Morgan fingerprint density at radius 1 is 1.40 bits per heavy atom. The Balaban J connectivity index is 2.35. The minimum Gasteiger partial charge on any atom is -0.402 e. The Hall–Kier alpha value is -2.43. The molecule has 0 bridgehead atoms. The molecule has 0 aliphatic heterocycles. The quantitative estimate of drug-likeness (QED) is 0.668. The van der Waals surface area contributed by atoms with E-state index in [2.05, 4.69) is 9.97 Å². The van der Waals surface area contributed by atoms with Crippen molar-refractivity contribution in [2.45, 2.75) is 13.1 Å². The number of halogens is 1. The molecule has 0 radical (unpaired) electrons. The van der Waals surface area contributed by atoms with Crippen molar-refractivity contribution in [2.24, 2.45) is 5.92 Å². The molecule has 4 rings (SSSR count). The van der Waals surface area contributed by atoms with Gasteiger partial charge in [0.1, 0.15) is 11.7 Å². The van der Waals surface area contributed by atoms with Gasteiger partial charge in [-0.3, -0.25) is 0 Å². The molecule has 0 spiro atoms. The van der Waals surface area contributed by atoms with Crippen LogP contribution in [0.2, 0.25) is 0 Å². The lowest BCUT2D eigenvalue weighted by molar-refractivity contribution is 0.363. The van der Waals surface area contributed by atoms with Crippen molar-refractivity contribution in [3.05, 3.63) is 39.3 Å². The monoisotopic (exact) mass is 270 g/mol. The molecule has 3 aromatic rings. The summed E-state index contributed by atoms with van der Waals surface area (Å²) < 4.78 is 19.0. The number of hydrogen-bond acceptors (Lipinski definition) is 3. The number of aromatic nitrogens is 2. The van der Waals surface area contributed by atoms with Crippen LogP contribution in [0.4, 0.5) is 4.39 Å². The minimum absolute atomic E-state index is 0.222. The Kier molecular flexibility index (Phi) is 2.16. The molecule has 2 atom stereocenters. The molecular formula is C15H11FN2O2. The number of pyridine rings is 1. The van der Waals surface area contributed by atoms with Gasteiger partial charge in [-0.15, -0.1) is 0 Å². The van der Waals surface area contributed by atoms with E-state index in [0.29, 0.717) is 16.6 Å². The van der Waals surface area contributed by atoms with Gasteiger partial charge in [0.05, 0.1) is 0 Å². The molecule has 0 amide bonds. The summed E-state index contributed by atoms with van der Waals surface area (Å²) in [6.07, 6.45) is 3.89. The fourth-order valence-electron chi connectivity index (χ4n) is 2.74. The van der Waals surface area contributed by atoms with E-state index in [1.165, 1.54) is 6.08 Å². The molecule has 0 saturated heterocycles. The van der Waals surface area contributed by atoms with E-state index in [0.717, 1.165) is 16.0 Å². The Morgan fingerprint density at radius 3 is 3.10 bits per heavy atom. The van der Waals surface area contributed by atoms with E-state index in [4.69, 9.17) is 4.42 Å². The average Bonchev–Trinajstić information content (AvgIpc) is 2.79. The summed E-state index contributed by atoms with van der Waals surface area (Å²) in [6.45, 7) is 1.81. The van der Waals surface area contributed by atoms with Crippen LogP contribution in [0.5, 0.6) is 0 Å². The molecule has 100 valence electrons. The zero-order chi connectivity index (χ0) is 13.9. The second-order valence-electron chi connectivity index (χ2n) is 5.08. The first kappa shape index (κ1) is 11.4. The molecule has 0 saturated carbocycles. The second kappa shape index (κ2) is 3.79. The van der Waals surface area contributed by atoms with Crippen LogP contribution in [-0.2, 0) is 0 Å². The van der Waals surface area contributed by atoms with Gasteiger partial charge < -0.3 is 9.40 Å². The first-order chi connectivity index (χ1) is 9.65. The Bertz CT molecular complexity index is 1020. The lowest BCUT2D eigenvalue weighted by Gasteiger charge is -2.11. The number of nitrogens with one attached hydrogen (secondary N) is 1. The van der Waals surface area contributed by atoms with Gasteiger partial charge in [0.2, 0.25) is 5.71 Å². The number of H-pyrrole nitrogens is 1. The highest BCUT2D eigenvalue weighted by molar-refractivity contribution is 6.02. The number of nitrogens with zero attached hydrogens (tertiary/aromatic N) is 1. The maximum absolute atomic E-state index is 13.8. The first-order valence-electron chi connectivity index (χ1n) is 6.42. The molecule has 0 aromatic carbocycles. The standard InChI is InChI=1S/C15H11FN2O2/c1-7-5-9-11(6-10(7)16)18-13-12(9)8-3-2-4-17-14(8)20-15(13)19/h2-7,10,18H,1H3. The average molecular weight is 270 g/mol. The molecular weight excluding hydrogens is 259 g/mol. The zero-order valence-corrected chi connectivity index (χ0v) is 10.7. The minimum atomic E-state index is -1.05. The number of fused-ring (bicyclic) bond motifs is 5. The second-order valence-corrected chi connectivity index (χ2v) is 5.08. The highest BCUT2D eigenvalue weighted by Crippen LogP contribution is 2.19. The van der Waals surface area contributed by atoms with Crippen molar-refractivity contribution in [1.82, 2.24) is 9.97 Å². The van der Waals surface area contributed by atoms with Crippen LogP contribution in [0.3, 0.4) is 0 Å². The predicted octanol–water partition coefficient (Wildman–Crippen LogP) is 1.22. The SMILES string of the molecule is CC1C=c2c([nH]c3c(=O)oc4ncccc4c23)=CC1F. The topological polar surface area (TPSA) is 58.9 Å². The van der Waals surface area contributed by atoms with Crippen molar-refractivity contribution >= 4 is 34.2 Å². The molecule has 3 heterocycles. The molecule has 3 aromatic heterocycles. The smallest absolute Gasteiger partial charge is 0.362 e. The summed E-state index contributed by atoms with van der Waals surface area (Å²) in [5, 5.41) is 3.00. The fourth-order valence-corrected chi connectivity index (χ4v) is 2.74. The third kappa shape index (κ3) is 1.40. The summed E-state index contributed by atoms with van der Waals surface area (Å²) >= 11 is 0. The maximum atomic E-state index is 13.8. The van der Waals surface area contributed by atoms with Crippen LogP contribution in [0.1, 0.15) is 6.92 Å². The molecule has 20 heavy (non-hydrogen) atoms. The molecule has 0 fully saturated rings. The molecule has 1 aliphatic carbocycles. The van der Waals surface area contributed by atoms with Crippen molar-refractivity contribution < 1.29 is 8.81 Å². The molecule has 5 heteroatoms. The van der Waals surface area contributed by atoms with Gasteiger partial charge in [-0.25, -0.2) is 14.2 Å². The van der Waals surface area contributed by atoms with Gasteiger partial charge in [-0.1, -0.05) is 13.0 Å². The zero-order valence-electron chi connectivity index (χ0n) is 10.7. The number of alkyl halides is 1. The lowest BCUT2D eigenvalue weighted by Crippen LogP contribution is -2.31. The van der Waals surface area contributed by atoms with Gasteiger partial charge in [0.25, 0.3) is 0 Å². The van der Waals surface area contributed by atoms with E-state index in [1.54, 1.807) is 12.3 Å². The van der Waals surface area contributed by atoms with Gasteiger partial charge >= 0.3 is 5.63 Å². The lowest BCUT2D eigenvalue weighted by atomic mass is 9.99. The number of aromatic amines is 1.